The van der Waals surface area contributed by atoms with Crippen molar-refractivity contribution in [3.63, 3.8) is 0 Å². The van der Waals surface area contributed by atoms with Crippen LogP contribution in [-0.2, 0) is 0 Å². The maximum Gasteiger partial charge on any atom is 0.235 e. The Hall–Kier alpha value is -3.98. The molecule has 142 valence electrons. The lowest BCUT2D eigenvalue weighted by molar-refractivity contribution is 1.01. The van der Waals surface area contributed by atoms with Crippen molar-refractivity contribution in [1.29, 1.82) is 0 Å². The Morgan fingerprint density at radius 1 is 0.600 bits per heavy atom. The van der Waals surface area contributed by atoms with E-state index in [1.54, 1.807) is 0 Å². The highest BCUT2D eigenvalue weighted by molar-refractivity contribution is 6.09. The molecule has 0 bridgehead atoms. The highest BCUT2D eigenvalue weighted by atomic mass is 15.2. The van der Waals surface area contributed by atoms with Crippen LogP contribution in [0.5, 0.6) is 0 Å². The second-order valence-electron chi connectivity index (χ2n) is 7.63. The zero-order chi connectivity index (χ0) is 20.1. The Kier molecular flexibility index (Phi) is 3.68. The van der Waals surface area contributed by atoms with E-state index in [0.29, 0.717) is 5.95 Å². The molecule has 2 aromatic heterocycles. The molecular formula is C27H19N3. The van der Waals surface area contributed by atoms with Gasteiger partial charge in [-0.05, 0) is 31.2 Å². The predicted octanol–water partition coefficient (Wildman–Crippen LogP) is 6.70. The first-order valence-electron chi connectivity index (χ1n) is 10.1. The first kappa shape index (κ1) is 16.9. The minimum absolute atomic E-state index is 0.697. The molecule has 0 fully saturated rings. The number of rotatable bonds is 2. The van der Waals surface area contributed by atoms with Gasteiger partial charge in [-0.25, -0.2) is 9.97 Å². The molecule has 6 aromatic rings. The molecule has 0 unspecified atom stereocenters. The van der Waals surface area contributed by atoms with Crippen molar-refractivity contribution in [1.82, 2.24) is 14.5 Å². The third-order valence-electron chi connectivity index (χ3n) is 5.67. The molecule has 6 rings (SSSR count). The smallest absolute Gasteiger partial charge is 0.235 e. The van der Waals surface area contributed by atoms with E-state index in [-0.39, 0.29) is 0 Å². The Balaban J connectivity index is 1.75. The third-order valence-corrected chi connectivity index (χ3v) is 5.67. The van der Waals surface area contributed by atoms with Gasteiger partial charge in [-0.2, -0.15) is 0 Å². The summed E-state index contributed by atoms with van der Waals surface area (Å²) in [6, 6.07) is 33.6. The molecule has 0 N–H and O–H groups in total. The van der Waals surface area contributed by atoms with Crippen LogP contribution in [0.4, 0.5) is 0 Å². The molecule has 0 aliphatic rings. The van der Waals surface area contributed by atoms with Gasteiger partial charge >= 0.3 is 0 Å². The molecule has 4 aromatic carbocycles. The van der Waals surface area contributed by atoms with Gasteiger partial charge in [0.15, 0.2) is 0 Å². The molecule has 0 saturated heterocycles. The quantitative estimate of drug-likeness (QED) is 0.332. The molecule has 30 heavy (non-hydrogen) atoms. The fourth-order valence-corrected chi connectivity index (χ4v) is 4.28. The fourth-order valence-electron chi connectivity index (χ4n) is 4.28. The number of nitrogens with zero attached hydrogens (tertiary/aromatic N) is 3. The van der Waals surface area contributed by atoms with Crippen LogP contribution in [0.3, 0.4) is 0 Å². The second kappa shape index (κ2) is 6.53. The zero-order valence-corrected chi connectivity index (χ0v) is 16.6. The van der Waals surface area contributed by atoms with Crippen LogP contribution in [0.1, 0.15) is 5.56 Å². The van der Waals surface area contributed by atoms with Gasteiger partial charge in [0.2, 0.25) is 5.95 Å². The van der Waals surface area contributed by atoms with Gasteiger partial charge in [0.05, 0.1) is 22.2 Å². The van der Waals surface area contributed by atoms with Crippen LogP contribution in [-0.4, -0.2) is 14.5 Å². The summed E-state index contributed by atoms with van der Waals surface area (Å²) in [5.41, 5.74) is 6.47. The summed E-state index contributed by atoms with van der Waals surface area (Å²) in [5.74, 6) is 0.697. The monoisotopic (exact) mass is 385 g/mol. The average molecular weight is 385 g/mol. The van der Waals surface area contributed by atoms with Crippen LogP contribution in [0.2, 0.25) is 0 Å². The molecular weight excluding hydrogens is 366 g/mol. The standard InChI is InChI=1S/C27H19N3/c1-18-15-16-25-22(17-18)20-11-6-8-14-24(20)30(25)27-28-23-13-7-5-12-21(23)26(29-27)19-9-3-2-4-10-19/h2-17H,1H3. The number of hydrogen-bond acceptors (Lipinski definition) is 2. The van der Waals surface area contributed by atoms with Gasteiger partial charge in [-0.1, -0.05) is 78.4 Å². The van der Waals surface area contributed by atoms with Gasteiger partial charge < -0.3 is 0 Å². The van der Waals surface area contributed by atoms with Crippen molar-refractivity contribution in [3.8, 4) is 17.2 Å². The van der Waals surface area contributed by atoms with Crippen molar-refractivity contribution in [2.24, 2.45) is 0 Å². The topological polar surface area (TPSA) is 30.7 Å². The van der Waals surface area contributed by atoms with Crippen LogP contribution in [0.25, 0.3) is 49.9 Å². The number of benzene rings is 4. The van der Waals surface area contributed by atoms with E-state index in [2.05, 4.69) is 90.4 Å². The summed E-state index contributed by atoms with van der Waals surface area (Å²) in [6.45, 7) is 2.13. The lowest BCUT2D eigenvalue weighted by Crippen LogP contribution is -2.03. The lowest BCUT2D eigenvalue weighted by atomic mass is 10.1. The number of para-hydroxylation sites is 2. The Morgan fingerprint density at radius 3 is 2.17 bits per heavy atom. The van der Waals surface area contributed by atoms with Crippen molar-refractivity contribution < 1.29 is 0 Å². The van der Waals surface area contributed by atoms with Crippen molar-refractivity contribution in [3.05, 3.63) is 103 Å². The predicted molar refractivity (Wildman–Crippen MR) is 124 cm³/mol. The van der Waals surface area contributed by atoms with Gasteiger partial charge in [0.1, 0.15) is 0 Å². The highest BCUT2D eigenvalue weighted by Gasteiger charge is 2.16. The summed E-state index contributed by atoms with van der Waals surface area (Å²) < 4.78 is 2.18. The van der Waals surface area contributed by atoms with Gasteiger partial charge in [0.25, 0.3) is 0 Å². The van der Waals surface area contributed by atoms with Gasteiger partial charge in [-0.3, -0.25) is 4.57 Å². The maximum atomic E-state index is 5.09. The third kappa shape index (κ3) is 2.52. The second-order valence-corrected chi connectivity index (χ2v) is 7.63. The molecule has 0 atom stereocenters. The molecule has 2 heterocycles. The molecule has 0 saturated carbocycles. The highest BCUT2D eigenvalue weighted by Crippen LogP contribution is 2.33. The first-order valence-corrected chi connectivity index (χ1v) is 10.1. The van der Waals surface area contributed by atoms with Crippen LogP contribution in [0.15, 0.2) is 97.1 Å². The molecule has 0 radical (unpaired) electrons. The van der Waals surface area contributed by atoms with Crippen LogP contribution < -0.4 is 0 Å². The largest absolute Gasteiger partial charge is 0.278 e. The molecule has 0 aliphatic heterocycles. The van der Waals surface area contributed by atoms with Crippen molar-refractivity contribution >= 4 is 32.7 Å². The van der Waals surface area contributed by atoms with Crippen molar-refractivity contribution in [2.75, 3.05) is 0 Å². The summed E-state index contributed by atoms with van der Waals surface area (Å²) in [6.07, 6.45) is 0. The first-order chi connectivity index (χ1) is 14.8. The van der Waals surface area contributed by atoms with E-state index < -0.39 is 0 Å². The summed E-state index contributed by atoms with van der Waals surface area (Å²) in [5, 5.41) is 3.50. The Bertz CT molecular complexity index is 1550. The number of fused-ring (bicyclic) bond motifs is 4. The van der Waals surface area contributed by atoms with E-state index >= 15 is 0 Å². The van der Waals surface area contributed by atoms with Crippen LogP contribution in [0, 0.1) is 6.92 Å². The van der Waals surface area contributed by atoms with Gasteiger partial charge in [-0.15, -0.1) is 0 Å². The number of hydrogen-bond donors (Lipinski definition) is 0. The number of aromatic nitrogens is 3. The zero-order valence-electron chi connectivity index (χ0n) is 16.6. The van der Waals surface area contributed by atoms with E-state index in [1.807, 2.05) is 18.2 Å². The lowest BCUT2D eigenvalue weighted by Gasteiger charge is -2.11. The summed E-state index contributed by atoms with van der Waals surface area (Å²) in [7, 11) is 0. The molecule has 3 heteroatoms. The fraction of sp³-hybridized carbons (Fsp3) is 0.0370. The Morgan fingerprint density at radius 2 is 1.30 bits per heavy atom. The molecule has 0 amide bonds. The number of aryl methyl sites for hydroxylation is 1. The Labute approximate surface area is 174 Å². The maximum absolute atomic E-state index is 5.09. The minimum Gasteiger partial charge on any atom is -0.278 e. The van der Waals surface area contributed by atoms with Crippen molar-refractivity contribution in [2.45, 2.75) is 6.92 Å². The summed E-state index contributed by atoms with van der Waals surface area (Å²) >= 11 is 0. The molecule has 0 aliphatic carbocycles. The normalized spacial score (nSPS) is 11.5. The average Bonchev–Trinajstić information content (AvgIpc) is 3.12. The SMILES string of the molecule is Cc1ccc2c(c1)c1ccccc1n2-c1nc(-c2ccccc2)c2ccccc2n1. The van der Waals surface area contributed by atoms with E-state index in [4.69, 9.17) is 9.97 Å². The van der Waals surface area contributed by atoms with Crippen LogP contribution >= 0.6 is 0 Å². The summed E-state index contributed by atoms with van der Waals surface area (Å²) in [4.78, 5) is 10.1. The van der Waals surface area contributed by atoms with E-state index in [1.165, 1.54) is 16.3 Å². The van der Waals surface area contributed by atoms with E-state index in [9.17, 15) is 0 Å². The van der Waals surface area contributed by atoms with E-state index in [0.717, 1.165) is 33.2 Å². The molecule has 3 nitrogen and oxygen atoms in total. The minimum atomic E-state index is 0.697. The van der Waals surface area contributed by atoms with Gasteiger partial charge in [0, 0.05) is 21.7 Å². The molecule has 0 spiro atoms.